The van der Waals surface area contributed by atoms with E-state index >= 15 is 4.57 Å². The predicted octanol–water partition coefficient (Wildman–Crippen LogP) is 12.2. The van der Waals surface area contributed by atoms with Gasteiger partial charge in [0, 0.05) is 26.7 Å². The summed E-state index contributed by atoms with van der Waals surface area (Å²) in [6.07, 6.45) is 0. The molecule has 7 rings (SSSR count). The highest BCUT2D eigenvalue weighted by Crippen LogP contribution is 2.43. The summed E-state index contributed by atoms with van der Waals surface area (Å²) >= 11 is 0. The quantitative estimate of drug-likeness (QED) is 0.125. The lowest BCUT2D eigenvalue weighted by Crippen LogP contribution is -2.24. The molecule has 0 unspecified atom stereocenters. The van der Waals surface area contributed by atoms with Crippen LogP contribution >= 0.6 is 7.14 Å². The van der Waals surface area contributed by atoms with Gasteiger partial charge in [-0.3, -0.25) is 0 Å². The normalized spacial score (nSPS) is 12.0. The average molecular weight is 727 g/mol. The van der Waals surface area contributed by atoms with Crippen molar-refractivity contribution in [3.8, 4) is 23.0 Å². The second kappa shape index (κ2) is 15.0. The minimum atomic E-state index is -3.21. The zero-order chi connectivity index (χ0) is 37.9. The molecular weight excluding hydrogens is 680 g/mol. The fourth-order valence-electron chi connectivity index (χ4n) is 6.96. The molecule has 0 N–H and O–H groups in total. The van der Waals surface area contributed by atoms with Gasteiger partial charge in [0.25, 0.3) is 0 Å². The summed E-state index contributed by atoms with van der Waals surface area (Å²) in [4.78, 5) is 0. The zero-order valence-corrected chi connectivity index (χ0v) is 32.8. The molecule has 0 saturated carbocycles. The second-order valence-electron chi connectivity index (χ2n) is 15.2. The summed E-state index contributed by atoms with van der Waals surface area (Å²) in [5, 5.41) is 2.24. The number of ether oxygens (including phenoxy) is 2. The number of rotatable bonds is 11. The van der Waals surface area contributed by atoms with Gasteiger partial charge in [0.15, 0.2) is 7.14 Å². The van der Waals surface area contributed by atoms with Gasteiger partial charge in [0.1, 0.15) is 23.0 Å². The van der Waals surface area contributed by atoms with Crippen molar-refractivity contribution in [1.29, 1.82) is 0 Å². The van der Waals surface area contributed by atoms with E-state index in [-0.39, 0.29) is 10.8 Å². The first-order valence-corrected chi connectivity index (χ1v) is 20.2. The molecule has 7 aromatic carbocycles. The van der Waals surface area contributed by atoms with E-state index in [4.69, 9.17) is 9.47 Å². The van der Waals surface area contributed by atoms with Crippen LogP contribution in [0.4, 0.5) is 0 Å². The van der Waals surface area contributed by atoms with E-state index in [9.17, 15) is 0 Å². The van der Waals surface area contributed by atoms with Crippen LogP contribution in [0.5, 0.6) is 23.0 Å². The topological polar surface area (TPSA) is 35.5 Å². The molecule has 0 bridgehead atoms. The van der Waals surface area contributed by atoms with Crippen molar-refractivity contribution in [1.82, 2.24) is 0 Å². The van der Waals surface area contributed by atoms with E-state index in [1.54, 1.807) is 0 Å². The first-order chi connectivity index (χ1) is 25.9. The Kier molecular flexibility index (Phi) is 10.2. The van der Waals surface area contributed by atoms with Gasteiger partial charge in [0.05, 0.1) is 0 Å². The Balaban J connectivity index is 1.08. The number of hydrogen-bond acceptors (Lipinski definition) is 3. The molecule has 0 heterocycles. The van der Waals surface area contributed by atoms with Gasteiger partial charge in [-0.05, 0) is 109 Å². The third kappa shape index (κ3) is 7.56. The number of benzene rings is 7. The van der Waals surface area contributed by atoms with Crippen LogP contribution in [0.25, 0.3) is 0 Å². The molecule has 270 valence electrons. The smallest absolute Gasteiger partial charge is 0.171 e. The lowest BCUT2D eigenvalue weighted by Gasteiger charge is -2.26. The van der Waals surface area contributed by atoms with Crippen molar-refractivity contribution >= 4 is 23.1 Å². The summed E-state index contributed by atoms with van der Waals surface area (Å²) in [6, 6.07) is 59.0. The lowest BCUT2D eigenvalue weighted by molar-refractivity contribution is 0.481. The largest absolute Gasteiger partial charge is 0.457 e. The summed E-state index contributed by atoms with van der Waals surface area (Å²) in [7, 11) is -3.21. The predicted molar refractivity (Wildman–Crippen MR) is 225 cm³/mol. The van der Waals surface area contributed by atoms with Crippen LogP contribution in [0.1, 0.15) is 61.1 Å². The van der Waals surface area contributed by atoms with Crippen molar-refractivity contribution < 1.29 is 14.0 Å². The van der Waals surface area contributed by atoms with Crippen LogP contribution in [0.15, 0.2) is 176 Å². The maximum absolute atomic E-state index is 15.2. The SMILES string of the molecule is Cc1ccc(C(C)(C)c2ccc(Oc3ccc(P(=O)(c4ccccc4)c4ccc(Oc5ccc(C(C)(C)c6ccc(C)cc6)cc5)cc4)cc3)cc2)cc1. The molecule has 0 aromatic heterocycles. The molecule has 4 heteroatoms. The van der Waals surface area contributed by atoms with Crippen molar-refractivity contribution in [2.24, 2.45) is 0 Å². The maximum atomic E-state index is 15.2. The van der Waals surface area contributed by atoms with E-state index in [0.717, 1.165) is 27.4 Å². The highest BCUT2D eigenvalue weighted by Gasteiger charge is 2.30. The Morgan fingerprint density at radius 1 is 0.352 bits per heavy atom. The van der Waals surface area contributed by atoms with Gasteiger partial charge in [-0.2, -0.15) is 0 Å². The van der Waals surface area contributed by atoms with Crippen LogP contribution in [-0.4, -0.2) is 0 Å². The first kappa shape index (κ1) is 36.7. The molecule has 3 nitrogen and oxygen atoms in total. The van der Waals surface area contributed by atoms with Crippen molar-refractivity contribution in [3.63, 3.8) is 0 Å². The number of hydrogen-bond donors (Lipinski definition) is 0. The molecule has 0 aliphatic heterocycles. The Labute approximate surface area is 320 Å². The van der Waals surface area contributed by atoms with Gasteiger partial charge < -0.3 is 14.0 Å². The summed E-state index contributed by atoms with van der Waals surface area (Å²) in [5.41, 5.74) is 7.20. The third-order valence-electron chi connectivity index (χ3n) is 10.7. The molecule has 0 fully saturated rings. The summed E-state index contributed by atoms with van der Waals surface area (Å²) in [6.45, 7) is 13.2. The van der Waals surface area contributed by atoms with E-state index in [0.29, 0.717) is 11.5 Å². The Bertz CT molecular complexity index is 2210. The molecule has 0 saturated heterocycles. The highest BCUT2D eigenvalue weighted by atomic mass is 31.2. The van der Waals surface area contributed by atoms with Gasteiger partial charge in [-0.25, -0.2) is 0 Å². The van der Waals surface area contributed by atoms with Gasteiger partial charge in [-0.15, -0.1) is 0 Å². The molecule has 0 spiro atoms. The molecule has 0 amide bonds. The van der Waals surface area contributed by atoms with Crippen molar-refractivity contribution in [2.75, 3.05) is 0 Å². The minimum absolute atomic E-state index is 0.137. The first-order valence-electron chi connectivity index (χ1n) is 18.5. The summed E-state index contributed by atoms with van der Waals surface area (Å²) in [5.74, 6) is 2.86. The fraction of sp³-hybridized carbons (Fsp3) is 0.160. The Hall–Kier alpha value is -5.63. The van der Waals surface area contributed by atoms with E-state index in [2.05, 4.69) is 114 Å². The third-order valence-corrected chi connectivity index (χ3v) is 13.8. The van der Waals surface area contributed by atoms with E-state index in [1.165, 1.54) is 33.4 Å². The van der Waals surface area contributed by atoms with Gasteiger partial charge in [-0.1, -0.05) is 142 Å². The van der Waals surface area contributed by atoms with Crippen LogP contribution < -0.4 is 25.4 Å². The Morgan fingerprint density at radius 2 is 0.611 bits per heavy atom. The van der Waals surface area contributed by atoms with Gasteiger partial charge in [0.2, 0.25) is 0 Å². The zero-order valence-electron chi connectivity index (χ0n) is 31.9. The van der Waals surface area contributed by atoms with Crippen LogP contribution in [0, 0.1) is 13.8 Å². The molecule has 0 aliphatic carbocycles. The van der Waals surface area contributed by atoms with Crippen molar-refractivity contribution in [3.05, 3.63) is 209 Å². The molecule has 0 aliphatic rings. The van der Waals surface area contributed by atoms with Gasteiger partial charge >= 0.3 is 0 Å². The van der Waals surface area contributed by atoms with Crippen LogP contribution in [-0.2, 0) is 15.4 Å². The Morgan fingerprint density at radius 3 is 0.926 bits per heavy atom. The number of aryl methyl sites for hydroxylation is 2. The lowest BCUT2D eigenvalue weighted by atomic mass is 9.78. The molecular formula is C50H47O3P. The maximum Gasteiger partial charge on any atom is 0.171 e. The van der Waals surface area contributed by atoms with Crippen LogP contribution in [0.3, 0.4) is 0 Å². The minimum Gasteiger partial charge on any atom is -0.457 e. The highest BCUT2D eigenvalue weighted by molar-refractivity contribution is 7.85. The second-order valence-corrected chi connectivity index (χ2v) is 17.9. The molecule has 0 atom stereocenters. The van der Waals surface area contributed by atoms with Crippen LogP contribution in [0.2, 0.25) is 0 Å². The fourth-order valence-corrected chi connectivity index (χ4v) is 9.58. The summed E-state index contributed by atoms with van der Waals surface area (Å²) < 4.78 is 27.7. The molecule has 7 aromatic rings. The molecule has 54 heavy (non-hydrogen) atoms. The standard InChI is InChI=1S/C50H47O3P/c1-36-12-16-38(17-13-36)49(3,4)40-20-24-42(25-21-40)52-44-28-32-47(33-29-44)54(51,46-10-8-7-9-11-46)48-34-30-45(31-35-48)53-43-26-22-41(23-27-43)50(5,6)39-18-14-37(2)15-19-39/h7-35H,1-6H3. The van der Waals surface area contributed by atoms with Crippen molar-refractivity contribution in [2.45, 2.75) is 52.4 Å². The van der Waals surface area contributed by atoms with E-state index in [1.807, 2.05) is 103 Å². The monoisotopic (exact) mass is 726 g/mol. The molecule has 0 radical (unpaired) electrons. The average Bonchev–Trinajstić information content (AvgIpc) is 3.19. The van der Waals surface area contributed by atoms with E-state index < -0.39 is 7.14 Å².